The number of likely N-dealkylation sites (N-methyl/N-ethyl adjacent to an activating group) is 1. The van der Waals surface area contributed by atoms with E-state index in [1.807, 2.05) is 19.2 Å². The molecule has 2 heterocycles. The van der Waals surface area contributed by atoms with Gasteiger partial charge in [-0.3, -0.25) is 4.99 Å². The lowest BCUT2D eigenvalue weighted by Gasteiger charge is -2.23. The van der Waals surface area contributed by atoms with Crippen LogP contribution >= 0.6 is 0 Å². The number of ether oxygens (including phenoxy) is 1. The molecule has 2 aliphatic rings. The lowest BCUT2D eigenvalue weighted by molar-refractivity contribution is 0.309. The van der Waals surface area contributed by atoms with Gasteiger partial charge in [0.2, 0.25) is 0 Å². The molecular weight excluding hydrogens is 314 g/mol. The van der Waals surface area contributed by atoms with Crippen LogP contribution in [0, 0.1) is 0 Å². The SMILES string of the molecule is CN=C(NCC1CCCN1C)NC1CCN(c2cccc(OC)c2)C1. The molecule has 6 heteroatoms. The van der Waals surface area contributed by atoms with Crippen LogP contribution < -0.4 is 20.3 Å². The van der Waals surface area contributed by atoms with Crippen LogP contribution in [0.5, 0.6) is 5.75 Å². The van der Waals surface area contributed by atoms with Crippen molar-refractivity contribution in [1.82, 2.24) is 15.5 Å². The molecule has 0 saturated carbocycles. The summed E-state index contributed by atoms with van der Waals surface area (Å²) in [6.45, 7) is 4.20. The van der Waals surface area contributed by atoms with Gasteiger partial charge in [0.05, 0.1) is 7.11 Å². The predicted octanol–water partition coefficient (Wildman–Crippen LogP) is 1.53. The summed E-state index contributed by atoms with van der Waals surface area (Å²) >= 11 is 0. The van der Waals surface area contributed by atoms with Gasteiger partial charge in [-0.15, -0.1) is 0 Å². The largest absolute Gasteiger partial charge is 0.497 e. The first kappa shape index (κ1) is 17.9. The summed E-state index contributed by atoms with van der Waals surface area (Å²) in [4.78, 5) is 9.23. The first-order chi connectivity index (χ1) is 12.2. The van der Waals surface area contributed by atoms with E-state index in [0.717, 1.165) is 37.8 Å². The van der Waals surface area contributed by atoms with Gasteiger partial charge in [0.1, 0.15) is 5.75 Å². The number of hydrogen-bond donors (Lipinski definition) is 2. The van der Waals surface area contributed by atoms with Gasteiger partial charge >= 0.3 is 0 Å². The lowest BCUT2D eigenvalue weighted by Crippen LogP contribution is -2.48. The number of benzene rings is 1. The highest BCUT2D eigenvalue weighted by Crippen LogP contribution is 2.24. The third kappa shape index (κ3) is 4.57. The molecule has 0 spiro atoms. The summed E-state index contributed by atoms with van der Waals surface area (Å²) in [7, 11) is 5.77. The molecule has 2 fully saturated rings. The number of hydrogen-bond acceptors (Lipinski definition) is 4. The molecule has 2 atom stereocenters. The molecule has 0 aromatic heterocycles. The van der Waals surface area contributed by atoms with Crippen LogP contribution in [0.3, 0.4) is 0 Å². The predicted molar refractivity (Wildman–Crippen MR) is 104 cm³/mol. The van der Waals surface area contributed by atoms with E-state index in [1.165, 1.54) is 25.1 Å². The van der Waals surface area contributed by atoms with Crippen molar-refractivity contribution in [2.45, 2.75) is 31.3 Å². The second-order valence-electron chi connectivity index (χ2n) is 7.01. The van der Waals surface area contributed by atoms with Gasteiger partial charge in [-0.1, -0.05) is 6.07 Å². The van der Waals surface area contributed by atoms with Crippen molar-refractivity contribution in [3.63, 3.8) is 0 Å². The number of anilines is 1. The molecule has 0 amide bonds. The maximum atomic E-state index is 5.34. The van der Waals surface area contributed by atoms with Gasteiger partial charge in [0.15, 0.2) is 5.96 Å². The molecule has 3 rings (SSSR count). The zero-order valence-corrected chi connectivity index (χ0v) is 15.7. The summed E-state index contributed by atoms with van der Waals surface area (Å²) < 4.78 is 5.34. The molecule has 2 N–H and O–H groups in total. The molecule has 138 valence electrons. The van der Waals surface area contributed by atoms with Gasteiger partial charge in [-0.05, 0) is 45.0 Å². The van der Waals surface area contributed by atoms with E-state index >= 15 is 0 Å². The average molecular weight is 345 g/mol. The summed E-state index contributed by atoms with van der Waals surface area (Å²) in [5.41, 5.74) is 1.22. The number of nitrogens with zero attached hydrogens (tertiary/aromatic N) is 3. The third-order valence-electron chi connectivity index (χ3n) is 5.35. The quantitative estimate of drug-likeness (QED) is 0.626. The standard InChI is InChI=1S/C19H31N5O/c1-20-19(21-13-17-7-5-10-23(17)2)22-15-9-11-24(14-15)16-6-4-8-18(12-16)25-3/h4,6,8,12,15,17H,5,7,9-11,13-14H2,1-3H3,(H2,20,21,22). The van der Waals surface area contributed by atoms with E-state index < -0.39 is 0 Å². The smallest absolute Gasteiger partial charge is 0.191 e. The second-order valence-corrected chi connectivity index (χ2v) is 7.01. The van der Waals surface area contributed by atoms with E-state index in [0.29, 0.717) is 12.1 Å². The van der Waals surface area contributed by atoms with E-state index in [1.54, 1.807) is 7.11 Å². The Bertz CT molecular complexity index is 591. The minimum Gasteiger partial charge on any atom is -0.497 e. The van der Waals surface area contributed by atoms with E-state index in [-0.39, 0.29) is 0 Å². The van der Waals surface area contributed by atoms with Crippen molar-refractivity contribution in [1.29, 1.82) is 0 Å². The number of methoxy groups -OCH3 is 1. The molecule has 1 aromatic carbocycles. The maximum Gasteiger partial charge on any atom is 0.191 e. The van der Waals surface area contributed by atoms with Crippen LogP contribution in [0.2, 0.25) is 0 Å². The van der Waals surface area contributed by atoms with Crippen LogP contribution in [0.25, 0.3) is 0 Å². The molecule has 0 radical (unpaired) electrons. The maximum absolute atomic E-state index is 5.34. The van der Waals surface area contributed by atoms with Gasteiger partial charge in [-0.25, -0.2) is 0 Å². The third-order valence-corrected chi connectivity index (χ3v) is 5.35. The molecular formula is C19H31N5O. The summed E-state index contributed by atoms with van der Waals surface area (Å²) in [6, 6.07) is 9.32. The Morgan fingerprint density at radius 1 is 1.32 bits per heavy atom. The molecule has 2 unspecified atom stereocenters. The van der Waals surface area contributed by atoms with Crippen molar-refractivity contribution in [3.05, 3.63) is 24.3 Å². The van der Waals surface area contributed by atoms with E-state index in [2.05, 4.69) is 44.6 Å². The highest BCUT2D eigenvalue weighted by atomic mass is 16.5. The first-order valence-corrected chi connectivity index (χ1v) is 9.26. The monoisotopic (exact) mass is 345 g/mol. The van der Waals surface area contributed by atoms with Gasteiger partial charge < -0.3 is 25.2 Å². The van der Waals surface area contributed by atoms with Crippen LogP contribution in [0.15, 0.2) is 29.3 Å². The van der Waals surface area contributed by atoms with Crippen molar-refractivity contribution in [2.24, 2.45) is 4.99 Å². The number of guanidine groups is 1. The number of aliphatic imine (C=N–C) groups is 1. The zero-order valence-electron chi connectivity index (χ0n) is 15.7. The Balaban J connectivity index is 1.49. The summed E-state index contributed by atoms with van der Waals surface area (Å²) in [5, 5.41) is 7.08. The highest BCUT2D eigenvalue weighted by Gasteiger charge is 2.25. The minimum absolute atomic E-state index is 0.415. The molecule has 2 saturated heterocycles. The van der Waals surface area contributed by atoms with Crippen LogP contribution in [0.4, 0.5) is 5.69 Å². The normalized spacial score (nSPS) is 24.6. The Labute approximate surface area is 151 Å². The molecule has 6 nitrogen and oxygen atoms in total. The van der Waals surface area contributed by atoms with Crippen molar-refractivity contribution in [2.75, 3.05) is 52.3 Å². The summed E-state index contributed by atoms with van der Waals surface area (Å²) in [5.74, 6) is 1.82. The Kier molecular flexibility index (Phi) is 6.02. The Morgan fingerprint density at radius 2 is 2.20 bits per heavy atom. The minimum atomic E-state index is 0.415. The van der Waals surface area contributed by atoms with Crippen molar-refractivity contribution < 1.29 is 4.74 Å². The van der Waals surface area contributed by atoms with Gasteiger partial charge in [0.25, 0.3) is 0 Å². The molecule has 2 aliphatic heterocycles. The molecule has 25 heavy (non-hydrogen) atoms. The first-order valence-electron chi connectivity index (χ1n) is 9.26. The van der Waals surface area contributed by atoms with E-state index in [4.69, 9.17) is 4.74 Å². The van der Waals surface area contributed by atoms with Crippen molar-refractivity contribution in [3.8, 4) is 5.75 Å². The molecule has 0 bridgehead atoms. The lowest BCUT2D eigenvalue weighted by atomic mass is 10.2. The topological polar surface area (TPSA) is 52.1 Å². The number of rotatable bonds is 5. The zero-order chi connectivity index (χ0) is 17.6. The average Bonchev–Trinajstić information content (AvgIpc) is 3.27. The van der Waals surface area contributed by atoms with Crippen molar-refractivity contribution >= 4 is 11.6 Å². The second kappa shape index (κ2) is 8.43. The van der Waals surface area contributed by atoms with Crippen LogP contribution in [-0.2, 0) is 0 Å². The number of likely N-dealkylation sites (tertiary alicyclic amines) is 1. The molecule has 1 aromatic rings. The highest BCUT2D eigenvalue weighted by molar-refractivity contribution is 5.80. The fourth-order valence-corrected chi connectivity index (χ4v) is 3.76. The van der Waals surface area contributed by atoms with Gasteiger partial charge in [0, 0.05) is 50.5 Å². The summed E-state index contributed by atoms with van der Waals surface area (Å²) in [6.07, 6.45) is 3.68. The van der Waals surface area contributed by atoms with E-state index in [9.17, 15) is 0 Å². The van der Waals surface area contributed by atoms with Crippen LogP contribution in [0.1, 0.15) is 19.3 Å². The van der Waals surface area contributed by atoms with Crippen LogP contribution in [-0.4, -0.2) is 70.3 Å². The fourth-order valence-electron chi connectivity index (χ4n) is 3.76. The number of nitrogens with one attached hydrogen (secondary N) is 2. The van der Waals surface area contributed by atoms with Gasteiger partial charge in [-0.2, -0.15) is 0 Å². The fraction of sp³-hybridized carbons (Fsp3) is 0.632. The Morgan fingerprint density at radius 3 is 2.92 bits per heavy atom. The molecule has 0 aliphatic carbocycles. The Hall–Kier alpha value is -1.95.